The van der Waals surface area contributed by atoms with E-state index in [1.54, 1.807) is 9.58 Å². The molecule has 1 unspecified atom stereocenters. The third-order valence-corrected chi connectivity index (χ3v) is 3.80. The highest BCUT2D eigenvalue weighted by atomic mass is 16.2. The maximum Gasteiger partial charge on any atom is 0.242 e. The van der Waals surface area contributed by atoms with Gasteiger partial charge in [-0.25, -0.2) is 0 Å². The molecule has 0 spiro atoms. The molecule has 2 heterocycles. The molecule has 1 aromatic rings. The summed E-state index contributed by atoms with van der Waals surface area (Å²) in [5, 5.41) is 7.14. The number of nitrogens with two attached hydrogens (primary N) is 1. The highest BCUT2D eigenvalue weighted by molar-refractivity contribution is 5.78. The maximum atomic E-state index is 12.0. The van der Waals surface area contributed by atoms with Gasteiger partial charge in [0.1, 0.15) is 6.54 Å². The molecular weight excluding hydrogens is 270 g/mol. The first-order valence-electron chi connectivity index (χ1n) is 7.25. The molecule has 116 valence electrons. The van der Waals surface area contributed by atoms with Crippen molar-refractivity contribution in [3.63, 3.8) is 0 Å². The summed E-state index contributed by atoms with van der Waals surface area (Å²) >= 11 is 0. The van der Waals surface area contributed by atoms with Crippen molar-refractivity contribution in [3.8, 4) is 0 Å². The van der Waals surface area contributed by atoms with Crippen LogP contribution >= 0.6 is 0 Å². The number of hydrogen-bond donors (Lipinski definition) is 2. The van der Waals surface area contributed by atoms with Crippen molar-refractivity contribution in [1.82, 2.24) is 20.0 Å². The van der Waals surface area contributed by atoms with Gasteiger partial charge in [-0.1, -0.05) is 0 Å². The fourth-order valence-electron chi connectivity index (χ4n) is 2.59. The van der Waals surface area contributed by atoms with Gasteiger partial charge in [-0.15, -0.1) is 0 Å². The molecule has 2 amide bonds. The fraction of sp³-hybridized carbons (Fsp3) is 0.643. The standard InChI is InChI=1S/C14H23N5O2/c1-9(7-18-6-4-5-13(18)21)16-12(20)8-19-11(3)14(15)10(2)17-19/h9H,4-8,15H2,1-3H3,(H,16,20). The SMILES string of the molecule is Cc1nn(CC(=O)NC(C)CN2CCCC2=O)c(C)c1N. The normalized spacial score (nSPS) is 16.3. The molecule has 1 atom stereocenters. The number of rotatable bonds is 5. The number of hydrogen-bond acceptors (Lipinski definition) is 4. The number of anilines is 1. The molecular formula is C14H23N5O2. The second-order valence-corrected chi connectivity index (χ2v) is 5.65. The monoisotopic (exact) mass is 293 g/mol. The van der Waals surface area contributed by atoms with Crippen LogP contribution in [0.5, 0.6) is 0 Å². The third kappa shape index (κ3) is 3.53. The topological polar surface area (TPSA) is 93.2 Å². The van der Waals surface area contributed by atoms with Gasteiger partial charge in [-0.3, -0.25) is 14.3 Å². The zero-order valence-corrected chi connectivity index (χ0v) is 12.8. The van der Waals surface area contributed by atoms with Crippen LogP contribution in [-0.2, 0) is 16.1 Å². The Morgan fingerprint density at radius 3 is 2.71 bits per heavy atom. The molecule has 0 bridgehead atoms. The van der Waals surface area contributed by atoms with E-state index in [0.29, 0.717) is 18.7 Å². The lowest BCUT2D eigenvalue weighted by atomic mass is 10.3. The van der Waals surface area contributed by atoms with E-state index in [0.717, 1.165) is 24.4 Å². The van der Waals surface area contributed by atoms with Gasteiger partial charge in [0.15, 0.2) is 0 Å². The zero-order chi connectivity index (χ0) is 15.6. The second kappa shape index (κ2) is 6.15. The van der Waals surface area contributed by atoms with E-state index >= 15 is 0 Å². The van der Waals surface area contributed by atoms with Gasteiger partial charge in [0.25, 0.3) is 0 Å². The lowest BCUT2D eigenvalue weighted by molar-refractivity contribution is -0.129. The summed E-state index contributed by atoms with van der Waals surface area (Å²) in [6, 6.07) is -0.0751. The summed E-state index contributed by atoms with van der Waals surface area (Å²) in [7, 11) is 0. The van der Waals surface area contributed by atoms with Crippen molar-refractivity contribution in [2.75, 3.05) is 18.8 Å². The van der Waals surface area contributed by atoms with Crippen LogP contribution in [0.15, 0.2) is 0 Å². The summed E-state index contributed by atoms with van der Waals surface area (Å²) in [5.41, 5.74) is 8.00. The summed E-state index contributed by atoms with van der Waals surface area (Å²) in [5.74, 6) is 0.0437. The number of amides is 2. The van der Waals surface area contributed by atoms with Crippen molar-refractivity contribution in [2.24, 2.45) is 0 Å². The molecule has 1 aliphatic heterocycles. The molecule has 0 radical (unpaired) electrons. The van der Waals surface area contributed by atoms with Gasteiger partial charge in [0.05, 0.1) is 17.1 Å². The average Bonchev–Trinajstić information content (AvgIpc) is 2.90. The largest absolute Gasteiger partial charge is 0.396 e. The number of likely N-dealkylation sites (tertiary alicyclic amines) is 1. The summed E-state index contributed by atoms with van der Waals surface area (Å²) in [6.45, 7) is 7.05. The van der Waals surface area contributed by atoms with Crippen LogP contribution in [0.25, 0.3) is 0 Å². The van der Waals surface area contributed by atoms with Crippen molar-refractivity contribution < 1.29 is 9.59 Å². The summed E-state index contributed by atoms with van der Waals surface area (Å²) in [6.07, 6.45) is 1.52. The minimum atomic E-state index is -0.125. The lowest BCUT2D eigenvalue weighted by Gasteiger charge is -2.21. The van der Waals surface area contributed by atoms with Crippen LogP contribution < -0.4 is 11.1 Å². The number of aromatic nitrogens is 2. The molecule has 0 aromatic carbocycles. The average molecular weight is 293 g/mol. The van der Waals surface area contributed by atoms with Crippen molar-refractivity contribution >= 4 is 17.5 Å². The highest BCUT2D eigenvalue weighted by Crippen LogP contribution is 2.14. The van der Waals surface area contributed by atoms with E-state index in [4.69, 9.17) is 5.73 Å². The van der Waals surface area contributed by atoms with Crippen LogP contribution in [0.4, 0.5) is 5.69 Å². The summed E-state index contributed by atoms with van der Waals surface area (Å²) < 4.78 is 1.60. The van der Waals surface area contributed by atoms with Gasteiger partial charge in [0, 0.05) is 25.6 Å². The lowest BCUT2D eigenvalue weighted by Crippen LogP contribution is -2.43. The summed E-state index contributed by atoms with van der Waals surface area (Å²) in [4.78, 5) is 25.4. The van der Waals surface area contributed by atoms with Crippen molar-refractivity contribution in [3.05, 3.63) is 11.4 Å². The van der Waals surface area contributed by atoms with Crippen molar-refractivity contribution in [1.29, 1.82) is 0 Å². The number of nitrogens with one attached hydrogen (secondary N) is 1. The number of nitrogens with zero attached hydrogens (tertiary/aromatic N) is 3. The van der Waals surface area contributed by atoms with Crippen LogP contribution in [0, 0.1) is 13.8 Å². The molecule has 1 aliphatic rings. The number of carbonyl (C=O) groups is 2. The van der Waals surface area contributed by atoms with E-state index in [2.05, 4.69) is 10.4 Å². The number of nitrogen functional groups attached to an aromatic ring is 1. The molecule has 3 N–H and O–H groups in total. The Hall–Kier alpha value is -2.05. The smallest absolute Gasteiger partial charge is 0.242 e. The van der Waals surface area contributed by atoms with Gasteiger partial charge in [0.2, 0.25) is 11.8 Å². The second-order valence-electron chi connectivity index (χ2n) is 5.65. The van der Waals surface area contributed by atoms with E-state index < -0.39 is 0 Å². The Kier molecular flexibility index (Phi) is 4.50. The molecule has 21 heavy (non-hydrogen) atoms. The van der Waals surface area contributed by atoms with Crippen LogP contribution in [0.3, 0.4) is 0 Å². The van der Waals surface area contributed by atoms with Gasteiger partial charge in [-0.05, 0) is 27.2 Å². The van der Waals surface area contributed by atoms with Crippen LogP contribution in [-0.4, -0.2) is 45.6 Å². The Balaban J connectivity index is 1.86. The molecule has 1 aromatic heterocycles. The fourth-order valence-corrected chi connectivity index (χ4v) is 2.59. The highest BCUT2D eigenvalue weighted by Gasteiger charge is 2.22. The Labute approximate surface area is 124 Å². The predicted octanol–water partition coefficient (Wildman–Crippen LogP) is 0.209. The molecule has 0 saturated carbocycles. The molecule has 1 fully saturated rings. The van der Waals surface area contributed by atoms with E-state index in [1.807, 2.05) is 20.8 Å². The van der Waals surface area contributed by atoms with Crippen LogP contribution in [0.2, 0.25) is 0 Å². The molecule has 7 nitrogen and oxygen atoms in total. The first-order chi connectivity index (χ1) is 9.88. The zero-order valence-electron chi connectivity index (χ0n) is 12.8. The molecule has 0 aliphatic carbocycles. The Morgan fingerprint density at radius 1 is 1.48 bits per heavy atom. The first kappa shape index (κ1) is 15.3. The van der Waals surface area contributed by atoms with Crippen LogP contribution in [0.1, 0.15) is 31.2 Å². The maximum absolute atomic E-state index is 12.0. The Morgan fingerprint density at radius 2 is 2.19 bits per heavy atom. The Bertz CT molecular complexity index is 552. The first-order valence-corrected chi connectivity index (χ1v) is 7.25. The minimum Gasteiger partial charge on any atom is -0.396 e. The van der Waals surface area contributed by atoms with Gasteiger partial charge >= 0.3 is 0 Å². The van der Waals surface area contributed by atoms with Gasteiger partial charge in [-0.2, -0.15) is 5.10 Å². The minimum absolute atomic E-state index is 0.0751. The quantitative estimate of drug-likeness (QED) is 0.811. The third-order valence-electron chi connectivity index (χ3n) is 3.80. The number of aryl methyl sites for hydroxylation is 1. The van der Waals surface area contributed by atoms with E-state index in [-0.39, 0.29) is 24.4 Å². The van der Waals surface area contributed by atoms with Gasteiger partial charge < -0.3 is 16.0 Å². The van der Waals surface area contributed by atoms with Crippen molar-refractivity contribution in [2.45, 2.75) is 46.2 Å². The molecule has 2 rings (SSSR count). The van der Waals surface area contributed by atoms with E-state index in [1.165, 1.54) is 0 Å². The molecule has 7 heteroatoms. The molecule has 1 saturated heterocycles. The van der Waals surface area contributed by atoms with E-state index in [9.17, 15) is 9.59 Å². The number of carbonyl (C=O) groups excluding carboxylic acids is 2. The predicted molar refractivity (Wildman–Crippen MR) is 79.5 cm³/mol.